The number of methoxy groups -OCH3 is 1. The van der Waals surface area contributed by atoms with Crippen LogP contribution in [0.3, 0.4) is 0 Å². The number of hydrogen-bond donors (Lipinski definition) is 0. The molecule has 0 saturated heterocycles. The van der Waals surface area contributed by atoms with E-state index in [-0.39, 0.29) is 35.8 Å². The number of hydrogen-bond acceptors (Lipinski definition) is 4. The number of carbonyl (C=O) groups excluding carboxylic acids is 1. The molecule has 0 aromatic heterocycles. The summed E-state index contributed by atoms with van der Waals surface area (Å²) in [5.74, 6) is -3.25. The topological polar surface area (TPSA) is 52.2 Å². The van der Waals surface area contributed by atoms with Gasteiger partial charge in [0.15, 0.2) is 0 Å². The van der Waals surface area contributed by atoms with Gasteiger partial charge in [-0.15, -0.1) is 0 Å². The smallest absolute Gasteiger partial charge is 0.416 e. The Morgan fingerprint density at radius 1 is 1.33 bits per heavy atom. The molecule has 0 spiro atoms. The van der Waals surface area contributed by atoms with Gasteiger partial charge in [-0.1, -0.05) is 19.4 Å². The van der Waals surface area contributed by atoms with Crippen molar-refractivity contribution >= 4 is 11.7 Å². The predicted octanol–water partition coefficient (Wildman–Crippen LogP) is 4.93. The third-order valence-corrected chi connectivity index (χ3v) is 4.70. The standard InChI is InChI=1S/C21H22F4N2O3/c1-5-6-9-30-20(28)18-16(11-29-4)27-12(2)19(26-3)17(18)14-8-7-13(22)10-15(14)21(23,24)25/h7-8,10,17,19H,5-6,9,11H2,1-2,4H3. The lowest BCUT2D eigenvalue weighted by Gasteiger charge is -2.28. The van der Waals surface area contributed by atoms with Gasteiger partial charge in [0.1, 0.15) is 5.82 Å². The Hall–Kier alpha value is -2.73. The quantitative estimate of drug-likeness (QED) is 0.269. The Morgan fingerprint density at radius 3 is 2.60 bits per heavy atom. The minimum absolute atomic E-state index is 0.0761. The minimum Gasteiger partial charge on any atom is -0.462 e. The number of unbranched alkanes of at least 4 members (excludes halogenated alkanes) is 1. The first-order valence-corrected chi connectivity index (χ1v) is 9.33. The molecule has 1 heterocycles. The predicted molar refractivity (Wildman–Crippen MR) is 102 cm³/mol. The molecule has 5 nitrogen and oxygen atoms in total. The van der Waals surface area contributed by atoms with Crippen molar-refractivity contribution in [2.45, 2.75) is 44.8 Å². The van der Waals surface area contributed by atoms with Crippen molar-refractivity contribution in [3.63, 3.8) is 0 Å². The first-order chi connectivity index (χ1) is 14.1. The normalized spacial score (nSPS) is 19.3. The summed E-state index contributed by atoms with van der Waals surface area (Å²) < 4.78 is 65.1. The van der Waals surface area contributed by atoms with E-state index in [2.05, 4.69) is 9.84 Å². The Morgan fingerprint density at radius 2 is 2.03 bits per heavy atom. The summed E-state index contributed by atoms with van der Waals surface area (Å²) in [5.41, 5.74) is -1.46. The fourth-order valence-corrected chi connectivity index (χ4v) is 3.34. The van der Waals surface area contributed by atoms with Gasteiger partial charge in [-0.25, -0.2) is 15.8 Å². The molecule has 0 saturated carbocycles. The van der Waals surface area contributed by atoms with Gasteiger partial charge in [-0.2, -0.15) is 13.2 Å². The Labute approximate surface area is 172 Å². The highest BCUT2D eigenvalue weighted by Gasteiger charge is 2.47. The molecule has 0 bridgehead atoms. The van der Waals surface area contributed by atoms with E-state index in [0.717, 1.165) is 18.6 Å². The van der Waals surface area contributed by atoms with Crippen LogP contribution in [0.15, 0.2) is 34.5 Å². The highest BCUT2D eigenvalue weighted by Crippen LogP contribution is 2.43. The zero-order valence-corrected chi connectivity index (χ0v) is 16.8. The van der Waals surface area contributed by atoms with Gasteiger partial charge in [0.05, 0.1) is 41.7 Å². The van der Waals surface area contributed by atoms with Crippen LogP contribution in [0.5, 0.6) is 0 Å². The van der Waals surface area contributed by atoms with E-state index >= 15 is 0 Å². The van der Waals surface area contributed by atoms with Gasteiger partial charge in [0, 0.05) is 7.11 Å². The van der Waals surface area contributed by atoms with Crippen LogP contribution in [-0.4, -0.2) is 38.0 Å². The van der Waals surface area contributed by atoms with Crippen LogP contribution >= 0.6 is 0 Å². The van der Waals surface area contributed by atoms with Gasteiger partial charge >= 0.3 is 12.1 Å². The highest BCUT2D eigenvalue weighted by atomic mass is 19.4. The summed E-state index contributed by atoms with van der Waals surface area (Å²) in [6.45, 7) is 10.8. The molecule has 1 aliphatic heterocycles. The lowest BCUT2D eigenvalue weighted by Crippen LogP contribution is -2.34. The number of benzene rings is 1. The van der Waals surface area contributed by atoms with Gasteiger partial charge in [0.25, 0.3) is 6.04 Å². The molecular weight excluding hydrogens is 404 g/mol. The van der Waals surface area contributed by atoms with Crippen LogP contribution in [-0.2, 0) is 20.4 Å². The van der Waals surface area contributed by atoms with Crippen LogP contribution in [0.4, 0.5) is 17.6 Å². The van der Waals surface area contributed by atoms with Crippen LogP contribution in [0.2, 0.25) is 0 Å². The molecule has 0 fully saturated rings. The van der Waals surface area contributed by atoms with Crippen LogP contribution in [0.1, 0.15) is 43.7 Å². The number of aliphatic imine (C=N–C) groups is 1. The summed E-state index contributed by atoms with van der Waals surface area (Å²) in [7, 11) is 1.35. The molecule has 162 valence electrons. The second-order valence-electron chi connectivity index (χ2n) is 6.82. The summed E-state index contributed by atoms with van der Waals surface area (Å²) in [6, 6.07) is 1.03. The maximum Gasteiger partial charge on any atom is 0.416 e. The van der Waals surface area contributed by atoms with Crippen molar-refractivity contribution in [1.29, 1.82) is 0 Å². The summed E-state index contributed by atoms with van der Waals surface area (Å²) in [6.07, 6.45) is -3.56. The second kappa shape index (κ2) is 9.85. The maximum absolute atomic E-state index is 13.7. The Balaban J connectivity index is 2.73. The molecule has 1 aromatic carbocycles. The molecule has 2 rings (SSSR count). The van der Waals surface area contributed by atoms with Crippen molar-refractivity contribution in [3.05, 3.63) is 57.8 Å². The molecule has 1 aromatic rings. The lowest BCUT2D eigenvalue weighted by molar-refractivity contribution is -0.141. The first-order valence-electron chi connectivity index (χ1n) is 9.33. The van der Waals surface area contributed by atoms with Gasteiger partial charge in [0.2, 0.25) is 0 Å². The number of halogens is 4. The summed E-state index contributed by atoms with van der Waals surface area (Å²) in [5, 5.41) is 0. The van der Waals surface area contributed by atoms with Crippen LogP contribution < -0.4 is 0 Å². The van der Waals surface area contributed by atoms with Gasteiger partial charge < -0.3 is 14.3 Å². The molecule has 30 heavy (non-hydrogen) atoms. The molecule has 1 aliphatic rings. The SMILES string of the molecule is [C-]#[N+]C1C(C)=NC(COC)=C(C(=O)OCCCC)C1c1ccc(F)cc1C(F)(F)F. The molecule has 2 atom stereocenters. The third kappa shape index (κ3) is 5.05. The van der Waals surface area contributed by atoms with Crippen LogP contribution in [0.25, 0.3) is 4.85 Å². The average molecular weight is 426 g/mol. The van der Waals surface area contributed by atoms with E-state index in [0.29, 0.717) is 12.5 Å². The Bertz CT molecular complexity index is 900. The van der Waals surface area contributed by atoms with Crippen molar-refractivity contribution < 1.29 is 31.8 Å². The van der Waals surface area contributed by atoms with Gasteiger partial charge in [-0.05, 0) is 31.0 Å². The summed E-state index contributed by atoms with van der Waals surface area (Å²) in [4.78, 5) is 20.5. The maximum atomic E-state index is 13.7. The van der Waals surface area contributed by atoms with E-state index in [1.807, 2.05) is 6.92 Å². The van der Waals surface area contributed by atoms with E-state index in [4.69, 9.17) is 16.0 Å². The van der Waals surface area contributed by atoms with Crippen molar-refractivity contribution in [2.75, 3.05) is 20.3 Å². The summed E-state index contributed by atoms with van der Waals surface area (Å²) >= 11 is 0. The molecule has 0 N–H and O–H groups in total. The fourth-order valence-electron chi connectivity index (χ4n) is 3.34. The van der Waals surface area contributed by atoms with Crippen LogP contribution in [0, 0.1) is 12.4 Å². The number of carbonyl (C=O) groups is 1. The monoisotopic (exact) mass is 426 g/mol. The largest absolute Gasteiger partial charge is 0.462 e. The lowest BCUT2D eigenvalue weighted by atomic mass is 9.78. The number of nitrogens with zero attached hydrogens (tertiary/aromatic N) is 2. The van der Waals surface area contributed by atoms with E-state index < -0.39 is 35.5 Å². The van der Waals surface area contributed by atoms with E-state index in [1.54, 1.807) is 0 Å². The zero-order valence-electron chi connectivity index (χ0n) is 16.8. The number of esters is 1. The van der Waals surface area contributed by atoms with E-state index in [9.17, 15) is 22.4 Å². The second-order valence-corrected chi connectivity index (χ2v) is 6.82. The number of alkyl halides is 3. The van der Waals surface area contributed by atoms with Crippen molar-refractivity contribution in [1.82, 2.24) is 0 Å². The van der Waals surface area contributed by atoms with Crippen molar-refractivity contribution in [3.8, 4) is 0 Å². The fraction of sp³-hybridized carbons (Fsp3) is 0.476. The molecule has 0 amide bonds. The average Bonchev–Trinajstić information content (AvgIpc) is 2.67. The van der Waals surface area contributed by atoms with Gasteiger partial charge in [-0.3, -0.25) is 4.99 Å². The minimum atomic E-state index is -4.88. The van der Waals surface area contributed by atoms with Crippen molar-refractivity contribution in [2.24, 2.45) is 4.99 Å². The third-order valence-electron chi connectivity index (χ3n) is 4.70. The number of ether oxygens (including phenoxy) is 2. The molecule has 0 aliphatic carbocycles. The number of rotatable bonds is 7. The zero-order chi connectivity index (χ0) is 22.5. The first kappa shape index (κ1) is 23.5. The Kier molecular flexibility index (Phi) is 7.73. The molecule has 9 heteroatoms. The highest BCUT2D eigenvalue weighted by molar-refractivity contribution is 6.00. The molecule has 2 unspecified atom stereocenters. The molecule has 0 radical (unpaired) electrons. The molecular formula is C21H22F4N2O3. The van der Waals surface area contributed by atoms with E-state index in [1.165, 1.54) is 14.0 Å².